The summed E-state index contributed by atoms with van der Waals surface area (Å²) in [5.41, 5.74) is 3.61. The monoisotopic (exact) mass is 332 g/mol. The lowest BCUT2D eigenvalue weighted by molar-refractivity contribution is -0.121. The summed E-state index contributed by atoms with van der Waals surface area (Å²) >= 11 is 0. The predicted molar refractivity (Wildman–Crippen MR) is 102 cm³/mol. The second-order valence-electron chi connectivity index (χ2n) is 6.35. The first-order valence-electron chi connectivity index (χ1n) is 8.72. The van der Waals surface area contributed by atoms with Gasteiger partial charge in [-0.15, -0.1) is 0 Å². The molecule has 1 unspecified atom stereocenters. The van der Waals surface area contributed by atoms with Crippen molar-refractivity contribution in [2.45, 2.75) is 25.8 Å². The Morgan fingerprint density at radius 2 is 1.76 bits per heavy atom. The number of carbonyl (C=O) groups excluding carboxylic acids is 1. The molecule has 0 bridgehead atoms. The number of carbonyl (C=O) groups is 1. The lowest BCUT2D eigenvalue weighted by Crippen LogP contribution is -2.28. The SMILES string of the molecule is Cc1cccc(C(CC(=O)NCCc2ccccc2)n2cccc2)c1. The summed E-state index contributed by atoms with van der Waals surface area (Å²) < 4.78 is 2.10. The lowest BCUT2D eigenvalue weighted by Gasteiger charge is -2.20. The van der Waals surface area contributed by atoms with Crippen LogP contribution in [0.4, 0.5) is 0 Å². The van der Waals surface area contributed by atoms with Gasteiger partial charge in [-0.25, -0.2) is 0 Å². The molecule has 0 aliphatic heterocycles. The molecule has 1 amide bonds. The Balaban J connectivity index is 1.63. The molecule has 1 N–H and O–H groups in total. The van der Waals surface area contributed by atoms with E-state index in [1.165, 1.54) is 11.1 Å². The molecule has 3 aromatic rings. The van der Waals surface area contributed by atoms with Gasteiger partial charge in [0, 0.05) is 18.9 Å². The molecule has 0 aliphatic rings. The van der Waals surface area contributed by atoms with Crippen molar-refractivity contribution in [3.8, 4) is 0 Å². The Hall–Kier alpha value is -2.81. The van der Waals surface area contributed by atoms with Gasteiger partial charge in [-0.05, 0) is 36.6 Å². The Bertz CT molecular complexity index is 794. The van der Waals surface area contributed by atoms with Crippen LogP contribution < -0.4 is 5.32 Å². The molecule has 25 heavy (non-hydrogen) atoms. The van der Waals surface area contributed by atoms with Crippen LogP contribution in [-0.4, -0.2) is 17.0 Å². The summed E-state index contributed by atoms with van der Waals surface area (Å²) in [6, 6.07) is 22.6. The van der Waals surface area contributed by atoms with Crippen molar-refractivity contribution < 1.29 is 4.79 Å². The highest BCUT2D eigenvalue weighted by Crippen LogP contribution is 2.23. The fourth-order valence-electron chi connectivity index (χ4n) is 3.07. The maximum absolute atomic E-state index is 12.5. The second-order valence-corrected chi connectivity index (χ2v) is 6.35. The normalized spacial score (nSPS) is 11.9. The van der Waals surface area contributed by atoms with Gasteiger partial charge in [-0.2, -0.15) is 0 Å². The zero-order valence-electron chi connectivity index (χ0n) is 14.6. The zero-order chi connectivity index (χ0) is 17.5. The molecule has 0 fully saturated rings. The van der Waals surface area contributed by atoms with Crippen LogP contribution in [0, 0.1) is 6.92 Å². The van der Waals surface area contributed by atoms with Crippen molar-refractivity contribution in [1.82, 2.24) is 9.88 Å². The fraction of sp³-hybridized carbons (Fsp3) is 0.227. The molecule has 0 radical (unpaired) electrons. The second kappa shape index (κ2) is 8.34. The number of hydrogen-bond acceptors (Lipinski definition) is 1. The minimum atomic E-state index is 0.0200. The number of benzene rings is 2. The van der Waals surface area contributed by atoms with Gasteiger partial charge in [0.25, 0.3) is 0 Å². The van der Waals surface area contributed by atoms with Gasteiger partial charge in [-0.3, -0.25) is 4.79 Å². The zero-order valence-corrected chi connectivity index (χ0v) is 14.6. The van der Waals surface area contributed by atoms with Gasteiger partial charge >= 0.3 is 0 Å². The van der Waals surface area contributed by atoms with E-state index < -0.39 is 0 Å². The maximum atomic E-state index is 12.5. The summed E-state index contributed by atoms with van der Waals surface area (Å²) in [5, 5.41) is 3.06. The number of nitrogens with zero attached hydrogens (tertiary/aromatic N) is 1. The predicted octanol–water partition coefficient (Wildman–Crippen LogP) is 4.13. The highest BCUT2D eigenvalue weighted by molar-refractivity contribution is 5.76. The number of aromatic nitrogens is 1. The van der Waals surface area contributed by atoms with Gasteiger partial charge in [0.05, 0.1) is 12.5 Å². The molecule has 0 saturated heterocycles. The van der Waals surface area contributed by atoms with Gasteiger partial charge in [0.2, 0.25) is 5.91 Å². The van der Waals surface area contributed by atoms with Gasteiger partial charge < -0.3 is 9.88 Å². The molecule has 2 aromatic carbocycles. The number of aryl methyl sites for hydroxylation is 1. The van der Waals surface area contributed by atoms with E-state index in [0.29, 0.717) is 13.0 Å². The average molecular weight is 332 g/mol. The van der Waals surface area contributed by atoms with Crippen molar-refractivity contribution in [3.05, 3.63) is 95.8 Å². The first-order valence-corrected chi connectivity index (χ1v) is 8.72. The summed E-state index contributed by atoms with van der Waals surface area (Å²) in [6.45, 7) is 2.74. The van der Waals surface area contributed by atoms with E-state index in [1.807, 2.05) is 42.7 Å². The highest BCUT2D eigenvalue weighted by Gasteiger charge is 2.17. The highest BCUT2D eigenvalue weighted by atomic mass is 16.1. The minimum absolute atomic E-state index is 0.0200. The smallest absolute Gasteiger partial charge is 0.222 e. The van der Waals surface area contributed by atoms with E-state index in [9.17, 15) is 4.79 Å². The van der Waals surface area contributed by atoms with Gasteiger partial charge in [0.1, 0.15) is 0 Å². The average Bonchev–Trinajstić information content (AvgIpc) is 3.15. The quantitative estimate of drug-likeness (QED) is 0.693. The third-order valence-corrected chi connectivity index (χ3v) is 4.37. The van der Waals surface area contributed by atoms with Crippen LogP contribution in [0.3, 0.4) is 0 Å². The van der Waals surface area contributed by atoms with Crippen molar-refractivity contribution in [1.29, 1.82) is 0 Å². The van der Waals surface area contributed by atoms with Crippen LogP contribution in [0.15, 0.2) is 79.1 Å². The largest absolute Gasteiger partial charge is 0.356 e. The van der Waals surface area contributed by atoms with Gasteiger partial charge in [0.15, 0.2) is 0 Å². The van der Waals surface area contributed by atoms with E-state index in [0.717, 1.165) is 12.0 Å². The van der Waals surface area contributed by atoms with E-state index in [2.05, 4.69) is 53.2 Å². The van der Waals surface area contributed by atoms with Crippen LogP contribution in [0.1, 0.15) is 29.2 Å². The summed E-state index contributed by atoms with van der Waals surface area (Å²) in [4.78, 5) is 12.5. The van der Waals surface area contributed by atoms with E-state index in [4.69, 9.17) is 0 Å². The van der Waals surface area contributed by atoms with Crippen molar-refractivity contribution in [2.75, 3.05) is 6.54 Å². The van der Waals surface area contributed by atoms with Crippen molar-refractivity contribution in [3.63, 3.8) is 0 Å². The first-order chi connectivity index (χ1) is 12.2. The first kappa shape index (κ1) is 17.0. The molecular weight excluding hydrogens is 308 g/mol. The molecule has 1 atom stereocenters. The number of amides is 1. The number of rotatable bonds is 7. The Morgan fingerprint density at radius 1 is 1.00 bits per heavy atom. The molecule has 1 aromatic heterocycles. The van der Waals surface area contributed by atoms with Crippen molar-refractivity contribution >= 4 is 5.91 Å². The van der Waals surface area contributed by atoms with Crippen LogP contribution in [0.25, 0.3) is 0 Å². The molecule has 3 rings (SSSR count). The number of nitrogens with one attached hydrogen (secondary N) is 1. The molecule has 1 heterocycles. The Labute approximate surface area is 149 Å². The van der Waals surface area contributed by atoms with Crippen LogP contribution in [0.2, 0.25) is 0 Å². The Kier molecular flexibility index (Phi) is 5.68. The Morgan fingerprint density at radius 3 is 2.48 bits per heavy atom. The topological polar surface area (TPSA) is 34.0 Å². The molecular formula is C22H24N2O. The standard InChI is InChI=1S/C22H24N2O/c1-18-8-7-11-20(16-18)21(24-14-5-6-15-24)17-22(25)23-13-12-19-9-3-2-4-10-19/h2-11,14-16,21H,12-13,17H2,1H3,(H,23,25). The summed E-state index contributed by atoms with van der Waals surface area (Å²) in [6.07, 6.45) is 5.33. The minimum Gasteiger partial charge on any atom is -0.356 e. The third kappa shape index (κ3) is 4.83. The van der Waals surface area contributed by atoms with E-state index >= 15 is 0 Å². The lowest BCUT2D eigenvalue weighted by atomic mass is 10.0. The fourth-order valence-corrected chi connectivity index (χ4v) is 3.07. The van der Waals surface area contributed by atoms with Crippen LogP contribution in [-0.2, 0) is 11.2 Å². The molecule has 128 valence electrons. The molecule has 3 nitrogen and oxygen atoms in total. The molecule has 0 aliphatic carbocycles. The summed E-state index contributed by atoms with van der Waals surface area (Å²) in [5.74, 6) is 0.0798. The third-order valence-electron chi connectivity index (χ3n) is 4.37. The number of hydrogen-bond donors (Lipinski definition) is 1. The molecule has 0 spiro atoms. The van der Waals surface area contributed by atoms with Crippen molar-refractivity contribution in [2.24, 2.45) is 0 Å². The molecule has 3 heteroatoms. The van der Waals surface area contributed by atoms with E-state index in [-0.39, 0.29) is 11.9 Å². The van der Waals surface area contributed by atoms with E-state index in [1.54, 1.807) is 0 Å². The van der Waals surface area contributed by atoms with Gasteiger partial charge in [-0.1, -0.05) is 60.2 Å². The van der Waals surface area contributed by atoms with Crippen LogP contribution in [0.5, 0.6) is 0 Å². The molecule has 0 saturated carbocycles. The van der Waals surface area contributed by atoms with Crippen LogP contribution >= 0.6 is 0 Å². The summed E-state index contributed by atoms with van der Waals surface area (Å²) in [7, 11) is 0. The maximum Gasteiger partial charge on any atom is 0.222 e.